The van der Waals surface area contributed by atoms with Gasteiger partial charge in [-0.3, -0.25) is 0 Å². The van der Waals surface area contributed by atoms with E-state index in [2.05, 4.69) is 88.0 Å². The van der Waals surface area contributed by atoms with Crippen LogP contribution >= 0.6 is 0 Å². The van der Waals surface area contributed by atoms with Gasteiger partial charge < -0.3 is 5.53 Å². The van der Waals surface area contributed by atoms with Crippen molar-refractivity contribution in [3.8, 4) is 0 Å². The summed E-state index contributed by atoms with van der Waals surface area (Å²) in [5, 5.41) is 0. The molecule has 0 atom stereocenters. The van der Waals surface area contributed by atoms with Crippen molar-refractivity contribution >= 4 is 11.4 Å². The summed E-state index contributed by atoms with van der Waals surface area (Å²) in [6.07, 6.45) is 13.6. The van der Waals surface area contributed by atoms with Crippen LogP contribution in [0.2, 0.25) is 11.8 Å². The van der Waals surface area contributed by atoms with Gasteiger partial charge in [0.15, 0.2) is 0 Å². The van der Waals surface area contributed by atoms with E-state index in [1.807, 2.05) is 0 Å². The summed E-state index contributed by atoms with van der Waals surface area (Å²) in [5.74, 6) is 4.12. The van der Waals surface area contributed by atoms with E-state index in [0.717, 1.165) is 73.9 Å². The maximum atomic E-state index is 11.7. The molecule has 0 radical (unpaired) electrons. The van der Waals surface area contributed by atoms with Gasteiger partial charge in [-0.05, 0) is 86.8 Å². The van der Waals surface area contributed by atoms with Gasteiger partial charge in [-0.25, -0.2) is 4.70 Å². The molecule has 0 saturated heterocycles. The molecule has 0 aromatic heterocycles. The van der Waals surface area contributed by atoms with E-state index in [9.17, 15) is 5.53 Å². The average Bonchev–Trinajstić information content (AvgIpc) is 3.19. The topological polar surface area (TPSA) is 25.3 Å². The molecule has 0 aliphatic carbocycles. The second-order valence-electron chi connectivity index (χ2n) is 10.1. The van der Waals surface area contributed by atoms with Crippen molar-refractivity contribution in [1.29, 1.82) is 0 Å². The first kappa shape index (κ1) is 31.2. The molecular formula is C34H50N2Ni. The van der Waals surface area contributed by atoms with Gasteiger partial charge in [0.25, 0.3) is 0 Å². The van der Waals surface area contributed by atoms with Gasteiger partial charge in [-0.1, -0.05) is 77.6 Å². The van der Waals surface area contributed by atoms with Gasteiger partial charge in [-0.2, -0.15) is 0 Å². The fourth-order valence-electron chi connectivity index (χ4n) is 5.00. The summed E-state index contributed by atoms with van der Waals surface area (Å²) in [4.78, 5) is 0. The van der Waals surface area contributed by atoms with Crippen molar-refractivity contribution in [3.63, 3.8) is 0 Å². The summed E-state index contributed by atoms with van der Waals surface area (Å²) < 4.78 is 1.54. The number of aryl methyl sites for hydroxylation is 2. The Morgan fingerprint density at radius 1 is 0.595 bits per heavy atom. The van der Waals surface area contributed by atoms with Crippen LogP contribution in [0.25, 0.3) is 16.9 Å². The van der Waals surface area contributed by atoms with Crippen molar-refractivity contribution in [2.75, 3.05) is 0 Å². The van der Waals surface area contributed by atoms with Crippen molar-refractivity contribution in [3.05, 3.63) is 87.5 Å². The van der Waals surface area contributed by atoms with Crippen molar-refractivity contribution in [1.82, 2.24) is 0 Å². The van der Waals surface area contributed by atoms with E-state index < -0.39 is 0 Å². The van der Waals surface area contributed by atoms with E-state index in [1.54, 1.807) is 14.4 Å². The number of rotatable bonds is 14. The van der Waals surface area contributed by atoms with Crippen LogP contribution in [0, 0.1) is 0 Å². The molecule has 0 N–H and O–H groups in total. The fraction of sp³-hybridized carbons (Fsp3) is 0.529. The Hall–Kier alpha value is -1.99. The number of nitrogens with zero attached hydrogens (tertiary/aromatic N) is 2. The molecule has 0 spiro atoms. The molecule has 3 rings (SSSR count). The monoisotopic (exact) mass is 544 g/mol. The number of benzene rings is 2. The van der Waals surface area contributed by atoms with Crippen molar-refractivity contribution in [2.45, 2.75) is 117 Å². The van der Waals surface area contributed by atoms with Gasteiger partial charge in [-0.15, -0.1) is 0 Å². The van der Waals surface area contributed by atoms with Gasteiger partial charge >= 0.3 is 26.2 Å². The van der Waals surface area contributed by atoms with E-state index in [1.165, 1.54) is 52.7 Å². The maximum absolute atomic E-state index is 11.7. The zero-order valence-electron chi connectivity index (χ0n) is 24.3. The third-order valence-corrected chi connectivity index (χ3v) is 6.96. The van der Waals surface area contributed by atoms with E-state index in [4.69, 9.17) is 0 Å². The number of hydrogen-bond acceptors (Lipinski definition) is 0. The van der Waals surface area contributed by atoms with Gasteiger partial charge in [0.2, 0.25) is 11.4 Å². The van der Waals surface area contributed by atoms with Crippen LogP contribution in [-0.4, -0.2) is 4.70 Å². The molecule has 206 valence electrons. The van der Waals surface area contributed by atoms with Crippen LogP contribution in [0.3, 0.4) is 0 Å². The van der Waals surface area contributed by atoms with E-state index in [-0.39, 0.29) is 0 Å². The Balaban J connectivity index is 0.00000153. The van der Waals surface area contributed by atoms with Crippen LogP contribution in [0.1, 0.15) is 114 Å². The fourth-order valence-corrected chi connectivity index (χ4v) is 5.00. The normalized spacial score (nSPS) is 13.4. The van der Waals surface area contributed by atoms with E-state index >= 15 is 0 Å². The first-order chi connectivity index (χ1) is 18.1. The van der Waals surface area contributed by atoms with Crippen molar-refractivity contribution < 1.29 is 19.1 Å². The second-order valence-corrected chi connectivity index (χ2v) is 11.1. The Bertz CT molecular complexity index is 966. The number of allylic oxidation sites excluding steroid dienone is 2. The molecule has 1 aliphatic heterocycles. The predicted molar refractivity (Wildman–Crippen MR) is 158 cm³/mol. The molecule has 0 saturated carbocycles. The quantitative estimate of drug-likeness (QED) is 0.167. The molecule has 0 amide bonds. The van der Waals surface area contributed by atoms with Crippen molar-refractivity contribution in [2.24, 2.45) is 0 Å². The molecule has 2 nitrogen and oxygen atoms in total. The molecule has 37 heavy (non-hydrogen) atoms. The third-order valence-electron chi connectivity index (χ3n) is 6.96. The summed E-state index contributed by atoms with van der Waals surface area (Å²) >= 11 is 1.62. The molecule has 3 heteroatoms. The zero-order valence-corrected chi connectivity index (χ0v) is 25.3. The van der Waals surface area contributed by atoms with E-state index in [0.29, 0.717) is 0 Å². The summed E-state index contributed by atoms with van der Waals surface area (Å²) in [5.41, 5.74) is 21.5. The van der Waals surface area contributed by atoms with Gasteiger partial charge in [0.1, 0.15) is 0 Å². The molecule has 1 heterocycles. The number of unbranched alkanes of at least 4 members (excludes halogenated alkanes) is 4. The molecule has 1 aliphatic rings. The van der Waals surface area contributed by atoms with Gasteiger partial charge in [0.05, 0.1) is 0 Å². The van der Waals surface area contributed by atoms with Gasteiger partial charge in [0, 0.05) is 22.3 Å². The number of hydrogen-bond donors (Lipinski definition) is 0. The molecule has 2 aromatic rings. The Labute approximate surface area is 234 Å². The summed E-state index contributed by atoms with van der Waals surface area (Å²) in [6, 6.07) is 17.7. The molecule has 0 unspecified atom stereocenters. The van der Waals surface area contributed by atoms with Crippen LogP contribution in [0.4, 0.5) is 0 Å². The predicted octanol–water partition coefficient (Wildman–Crippen LogP) is 11.1. The zero-order chi connectivity index (χ0) is 27.0. The minimum atomic E-state index is 1.01. The summed E-state index contributed by atoms with van der Waals surface area (Å²) in [7, 11) is 0. The molecular weight excluding hydrogens is 495 g/mol. The Kier molecular flexibility index (Phi) is 14.8. The van der Waals surface area contributed by atoms with Crippen LogP contribution in [0.5, 0.6) is 0 Å². The third kappa shape index (κ3) is 9.06. The molecule has 0 bridgehead atoms. The first-order valence-electron chi connectivity index (χ1n) is 14.4. The molecule has 0 fully saturated rings. The van der Waals surface area contributed by atoms with Crippen LogP contribution in [0.15, 0.2) is 59.7 Å². The SMILES string of the molecule is CCCCC1=C(c2cccc(CCCC)c2)[N+](=[N-])C(c2cccc(CCCC)c2)=C1CCCC.[CH3][Ni][CH3]. The molecule has 2 aromatic carbocycles. The Morgan fingerprint density at radius 2 is 0.946 bits per heavy atom. The summed E-state index contributed by atoms with van der Waals surface area (Å²) in [6.45, 7) is 8.99. The first-order valence-corrected chi connectivity index (χ1v) is 16.4. The Morgan fingerprint density at radius 3 is 1.30 bits per heavy atom. The minimum absolute atomic E-state index is 1.01. The average molecular weight is 545 g/mol. The van der Waals surface area contributed by atoms with Crippen LogP contribution in [-0.2, 0) is 27.3 Å². The van der Waals surface area contributed by atoms with Crippen LogP contribution < -0.4 is 0 Å². The standard InChI is InChI=1S/C32H44N2.2CH3.Ni/c1-5-9-15-25-17-13-19-27(23-25)31-29(21-11-7-3)30(22-12-8-4)32(34(31)33)28-20-14-18-26(24-28)16-10-6-2;;;/h13-14,17-20,23-24H,5-12,15-16,21-22H2,1-4H3;2*1H3;. The second kappa shape index (κ2) is 17.5.